The average molecular weight is 350 g/mol. The molecule has 0 aliphatic rings. The van der Waals surface area contributed by atoms with Crippen LogP contribution in [-0.4, -0.2) is 19.0 Å². The van der Waals surface area contributed by atoms with Crippen molar-refractivity contribution in [1.29, 1.82) is 0 Å². The molecule has 0 aromatic heterocycles. The van der Waals surface area contributed by atoms with Crippen molar-refractivity contribution in [3.8, 4) is 0 Å². The predicted molar refractivity (Wildman–Crippen MR) is 104 cm³/mol. The Bertz CT molecular complexity index is 605. The molecule has 3 heteroatoms. The van der Waals surface area contributed by atoms with Gasteiger partial charge in [0.05, 0.1) is 0 Å². The van der Waals surface area contributed by atoms with Gasteiger partial charge < -0.3 is 0 Å². The minimum atomic E-state index is -0.00410. The first-order valence-corrected chi connectivity index (χ1v) is 8.11. The zero-order valence-corrected chi connectivity index (χ0v) is 15.6. The number of rotatable bonds is 6. The fourth-order valence-corrected chi connectivity index (χ4v) is 3.06. The van der Waals surface area contributed by atoms with E-state index in [0.29, 0.717) is 0 Å². The molecule has 124 valence electrons. The summed E-state index contributed by atoms with van der Waals surface area (Å²) in [6, 6.07) is 18.7. The van der Waals surface area contributed by atoms with E-state index < -0.39 is 0 Å². The first kappa shape index (κ1) is 19.8. The Labute approximate surface area is 151 Å². The molecule has 0 N–H and O–H groups in total. The third-order valence-electron chi connectivity index (χ3n) is 4.39. The molecule has 0 heterocycles. The maximum absolute atomic E-state index is 6.04. The van der Waals surface area contributed by atoms with Crippen LogP contribution in [0.4, 0.5) is 0 Å². The third-order valence-corrected chi connectivity index (χ3v) is 4.64. The predicted octanol–water partition coefficient (Wildman–Crippen LogP) is 6.03. The molecule has 0 radical (unpaired) electrons. The molecule has 23 heavy (non-hydrogen) atoms. The minimum Gasteiger partial charge on any atom is -0.299 e. The zero-order valence-electron chi connectivity index (χ0n) is 14.0. The van der Waals surface area contributed by atoms with Crippen LogP contribution in [0.25, 0.3) is 6.08 Å². The number of halogens is 2. The minimum absolute atomic E-state index is 0. The van der Waals surface area contributed by atoms with E-state index in [4.69, 9.17) is 11.6 Å². The average Bonchev–Trinajstić information content (AvgIpc) is 2.53. The van der Waals surface area contributed by atoms with Crippen LogP contribution in [0.2, 0.25) is 5.02 Å². The van der Waals surface area contributed by atoms with Crippen molar-refractivity contribution in [2.75, 3.05) is 14.1 Å². The second-order valence-electron chi connectivity index (χ2n) is 5.80. The maximum Gasteiger partial charge on any atom is 0.0486 e. The molecule has 2 aromatic carbocycles. The lowest BCUT2D eigenvalue weighted by Gasteiger charge is -2.39. The van der Waals surface area contributed by atoms with Crippen molar-refractivity contribution in [3.05, 3.63) is 76.8 Å². The summed E-state index contributed by atoms with van der Waals surface area (Å²) < 4.78 is 0. The van der Waals surface area contributed by atoms with Crippen LogP contribution in [0.15, 0.2) is 60.7 Å². The van der Waals surface area contributed by atoms with E-state index in [9.17, 15) is 0 Å². The third kappa shape index (κ3) is 4.84. The molecule has 2 rings (SSSR count). The van der Waals surface area contributed by atoms with E-state index in [0.717, 1.165) is 17.9 Å². The fourth-order valence-electron chi connectivity index (χ4n) is 2.94. The van der Waals surface area contributed by atoms with E-state index in [1.165, 1.54) is 11.1 Å². The number of benzene rings is 2. The summed E-state index contributed by atoms with van der Waals surface area (Å²) in [7, 11) is 4.29. The van der Waals surface area contributed by atoms with Gasteiger partial charge >= 0.3 is 0 Å². The molecule has 0 fully saturated rings. The largest absolute Gasteiger partial charge is 0.299 e. The van der Waals surface area contributed by atoms with E-state index >= 15 is 0 Å². The van der Waals surface area contributed by atoms with Gasteiger partial charge in [0.15, 0.2) is 0 Å². The molecule has 0 aliphatic carbocycles. The molecule has 2 aromatic rings. The Kier molecular flexibility index (Phi) is 7.84. The smallest absolute Gasteiger partial charge is 0.0486 e. The Hall–Kier alpha value is -1.28. The molecule has 0 bridgehead atoms. The fraction of sp³-hybridized carbons (Fsp3) is 0.300. The highest BCUT2D eigenvalue weighted by Crippen LogP contribution is 2.35. The highest BCUT2D eigenvalue weighted by Gasteiger charge is 2.31. The van der Waals surface area contributed by atoms with Gasteiger partial charge in [0.1, 0.15) is 0 Å². The first-order chi connectivity index (χ1) is 10.6. The Morgan fingerprint density at radius 2 is 1.61 bits per heavy atom. The maximum atomic E-state index is 6.04. The van der Waals surface area contributed by atoms with Crippen molar-refractivity contribution in [2.45, 2.75) is 25.3 Å². The second-order valence-corrected chi connectivity index (χ2v) is 6.24. The van der Waals surface area contributed by atoms with Crippen molar-refractivity contribution < 1.29 is 0 Å². The lowest BCUT2D eigenvalue weighted by Crippen LogP contribution is -2.40. The number of hydrogen-bond donors (Lipinski definition) is 0. The van der Waals surface area contributed by atoms with Gasteiger partial charge in [-0.05, 0) is 50.2 Å². The Morgan fingerprint density at radius 1 is 1.00 bits per heavy atom. The molecular weight excluding hydrogens is 325 g/mol. The molecule has 0 amide bonds. The van der Waals surface area contributed by atoms with Crippen molar-refractivity contribution in [2.24, 2.45) is 0 Å². The molecular formula is C20H25Cl2N. The molecule has 0 spiro atoms. The van der Waals surface area contributed by atoms with Crippen molar-refractivity contribution in [3.63, 3.8) is 0 Å². The van der Waals surface area contributed by atoms with Crippen LogP contribution >= 0.6 is 24.0 Å². The van der Waals surface area contributed by atoms with E-state index in [2.05, 4.69) is 74.5 Å². The van der Waals surface area contributed by atoms with Gasteiger partial charge in [-0.3, -0.25) is 4.90 Å². The monoisotopic (exact) mass is 349 g/mol. The summed E-state index contributed by atoms with van der Waals surface area (Å²) in [5.41, 5.74) is 2.54. The summed E-state index contributed by atoms with van der Waals surface area (Å²) >= 11 is 6.04. The van der Waals surface area contributed by atoms with Crippen LogP contribution < -0.4 is 0 Å². The Morgan fingerprint density at radius 3 is 2.13 bits per heavy atom. The summed E-state index contributed by atoms with van der Waals surface area (Å²) in [6.45, 7) is 2.24. The highest BCUT2D eigenvalue weighted by molar-refractivity contribution is 6.30. The second kappa shape index (κ2) is 9.12. The van der Waals surface area contributed by atoms with Gasteiger partial charge in [0.25, 0.3) is 0 Å². The summed E-state index contributed by atoms with van der Waals surface area (Å²) in [5, 5.41) is 0.785. The number of nitrogens with zero attached hydrogens (tertiary/aromatic N) is 1. The summed E-state index contributed by atoms with van der Waals surface area (Å²) in [6.07, 6.45) is 6.48. The standard InChI is InChI=1S/C20H24ClN.ClH/c1-4-20(22(2)3,18-12-14-19(21)15-13-18)16-8-11-17-9-6-5-7-10-17;/h5-15H,4,16H2,1-3H3;1H/b11-8+;. The quantitative estimate of drug-likeness (QED) is 0.615. The van der Waals surface area contributed by atoms with E-state index in [1.807, 2.05) is 18.2 Å². The normalized spacial score (nSPS) is 13.8. The van der Waals surface area contributed by atoms with E-state index in [-0.39, 0.29) is 17.9 Å². The van der Waals surface area contributed by atoms with Crippen LogP contribution in [0.1, 0.15) is 30.9 Å². The van der Waals surface area contributed by atoms with Crippen LogP contribution in [0.3, 0.4) is 0 Å². The topological polar surface area (TPSA) is 3.24 Å². The van der Waals surface area contributed by atoms with Crippen LogP contribution in [0.5, 0.6) is 0 Å². The number of hydrogen-bond acceptors (Lipinski definition) is 1. The highest BCUT2D eigenvalue weighted by atomic mass is 35.5. The van der Waals surface area contributed by atoms with Gasteiger partial charge in [-0.1, -0.05) is 73.1 Å². The molecule has 1 nitrogen and oxygen atoms in total. The van der Waals surface area contributed by atoms with Crippen molar-refractivity contribution in [1.82, 2.24) is 4.90 Å². The Balaban J connectivity index is 0.00000264. The molecule has 1 unspecified atom stereocenters. The van der Waals surface area contributed by atoms with Crippen LogP contribution in [0, 0.1) is 0 Å². The van der Waals surface area contributed by atoms with Crippen molar-refractivity contribution >= 4 is 30.1 Å². The zero-order chi connectivity index (χ0) is 16.0. The van der Waals surface area contributed by atoms with Gasteiger partial charge in [-0.2, -0.15) is 0 Å². The van der Waals surface area contributed by atoms with Gasteiger partial charge in [0, 0.05) is 10.6 Å². The van der Waals surface area contributed by atoms with E-state index in [1.54, 1.807) is 0 Å². The molecule has 0 saturated carbocycles. The summed E-state index contributed by atoms with van der Waals surface area (Å²) in [4.78, 5) is 2.31. The lowest BCUT2D eigenvalue weighted by atomic mass is 9.82. The lowest BCUT2D eigenvalue weighted by molar-refractivity contribution is 0.148. The van der Waals surface area contributed by atoms with Gasteiger partial charge in [-0.15, -0.1) is 12.4 Å². The molecule has 0 aliphatic heterocycles. The SMILES string of the molecule is CCC(C/C=C/c1ccccc1)(c1ccc(Cl)cc1)N(C)C.Cl. The molecule has 0 saturated heterocycles. The van der Waals surface area contributed by atoms with Gasteiger partial charge in [-0.25, -0.2) is 0 Å². The van der Waals surface area contributed by atoms with Crippen LogP contribution in [-0.2, 0) is 5.54 Å². The van der Waals surface area contributed by atoms with Gasteiger partial charge in [0.2, 0.25) is 0 Å². The molecule has 1 atom stereocenters. The first-order valence-electron chi connectivity index (χ1n) is 7.73. The summed E-state index contributed by atoms with van der Waals surface area (Å²) in [5.74, 6) is 0.